The fourth-order valence-electron chi connectivity index (χ4n) is 2.54. The van der Waals surface area contributed by atoms with Crippen LogP contribution in [0.1, 0.15) is 23.4 Å². The van der Waals surface area contributed by atoms with Crippen molar-refractivity contribution in [3.05, 3.63) is 88.2 Å². The Labute approximate surface area is 168 Å². The van der Waals surface area contributed by atoms with Crippen LogP contribution in [0.5, 0.6) is 0 Å². The summed E-state index contributed by atoms with van der Waals surface area (Å²) in [6, 6.07) is 16.1. The van der Waals surface area contributed by atoms with Crippen LogP contribution in [0.2, 0.25) is 10.0 Å². The number of hydrogen-bond acceptors (Lipinski definition) is 3. The van der Waals surface area contributed by atoms with E-state index in [4.69, 9.17) is 23.2 Å². The van der Waals surface area contributed by atoms with Gasteiger partial charge < -0.3 is 4.57 Å². The Morgan fingerprint density at radius 1 is 1.00 bits per heavy atom. The molecule has 2 aromatic carbocycles. The van der Waals surface area contributed by atoms with Crippen LogP contribution in [0.3, 0.4) is 0 Å². The van der Waals surface area contributed by atoms with Crippen LogP contribution < -0.4 is 0 Å². The number of benzene rings is 2. The first-order chi connectivity index (χ1) is 12.7. The molecule has 0 fully saturated rings. The summed E-state index contributed by atoms with van der Waals surface area (Å²) in [6.45, 7) is 4.46. The van der Waals surface area contributed by atoms with Gasteiger partial charge in [0.25, 0.3) is 0 Å². The van der Waals surface area contributed by atoms with Crippen LogP contribution in [0, 0.1) is 0 Å². The Morgan fingerprint density at radius 2 is 1.81 bits per heavy atom. The Hall–Kier alpha value is -1.75. The molecule has 0 bridgehead atoms. The maximum absolute atomic E-state index is 6.17. The highest BCUT2D eigenvalue weighted by atomic mass is 35.5. The third-order valence-corrected chi connectivity index (χ3v) is 5.68. The second-order valence-electron chi connectivity index (χ2n) is 5.84. The van der Waals surface area contributed by atoms with E-state index in [2.05, 4.69) is 33.5 Å². The summed E-state index contributed by atoms with van der Waals surface area (Å²) in [7, 11) is 0. The van der Waals surface area contributed by atoms with Gasteiger partial charge in [0, 0.05) is 12.2 Å². The fourth-order valence-corrected chi connectivity index (χ4v) is 3.78. The van der Waals surface area contributed by atoms with E-state index in [1.165, 1.54) is 5.56 Å². The summed E-state index contributed by atoms with van der Waals surface area (Å²) >= 11 is 13.9. The molecule has 0 saturated heterocycles. The zero-order valence-electron chi connectivity index (χ0n) is 14.2. The molecular formula is C20H19Cl2N3S. The molecule has 0 saturated carbocycles. The van der Waals surface area contributed by atoms with Crippen molar-refractivity contribution in [1.82, 2.24) is 14.8 Å². The van der Waals surface area contributed by atoms with Crippen molar-refractivity contribution in [1.29, 1.82) is 0 Å². The van der Waals surface area contributed by atoms with E-state index < -0.39 is 0 Å². The molecule has 3 nitrogen and oxygen atoms in total. The van der Waals surface area contributed by atoms with Gasteiger partial charge in [0.1, 0.15) is 5.82 Å². The van der Waals surface area contributed by atoms with Gasteiger partial charge in [0.15, 0.2) is 5.16 Å². The minimum absolute atomic E-state index is 0.559. The van der Waals surface area contributed by atoms with E-state index in [0.29, 0.717) is 16.6 Å². The Kier molecular flexibility index (Phi) is 6.78. The molecule has 1 aromatic heterocycles. The van der Waals surface area contributed by atoms with E-state index in [1.54, 1.807) is 11.8 Å². The summed E-state index contributed by atoms with van der Waals surface area (Å²) in [6.07, 6.45) is 3.57. The number of aryl methyl sites for hydroxylation is 1. The van der Waals surface area contributed by atoms with Crippen molar-refractivity contribution in [2.24, 2.45) is 0 Å². The van der Waals surface area contributed by atoms with Crippen LogP contribution in [0.15, 0.2) is 66.3 Å². The summed E-state index contributed by atoms with van der Waals surface area (Å²) in [5.41, 5.74) is 2.33. The van der Waals surface area contributed by atoms with Crippen LogP contribution >= 0.6 is 35.0 Å². The molecular weight excluding hydrogens is 385 g/mol. The summed E-state index contributed by atoms with van der Waals surface area (Å²) in [5.74, 6) is 1.80. The van der Waals surface area contributed by atoms with Crippen LogP contribution in [-0.2, 0) is 18.7 Å². The van der Waals surface area contributed by atoms with E-state index in [0.717, 1.165) is 35.1 Å². The second-order valence-corrected chi connectivity index (χ2v) is 7.59. The quantitative estimate of drug-likeness (QED) is 0.339. The molecule has 0 spiro atoms. The average molecular weight is 404 g/mol. The molecule has 0 aliphatic heterocycles. The average Bonchev–Trinajstić information content (AvgIpc) is 3.03. The highest BCUT2D eigenvalue weighted by Crippen LogP contribution is 2.26. The summed E-state index contributed by atoms with van der Waals surface area (Å²) < 4.78 is 2.15. The molecule has 6 heteroatoms. The highest BCUT2D eigenvalue weighted by molar-refractivity contribution is 7.98. The number of thioether (sulfide) groups is 1. The lowest BCUT2D eigenvalue weighted by molar-refractivity contribution is 0.663. The molecule has 0 N–H and O–H groups in total. The largest absolute Gasteiger partial charge is 0.302 e. The Morgan fingerprint density at radius 3 is 2.54 bits per heavy atom. The molecule has 134 valence electrons. The maximum atomic E-state index is 6.17. The van der Waals surface area contributed by atoms with Crippen LogP contribution in [0.4, 0.5) is 0 Å². The van der Waals surface area contributed by atoms with Gasteiger partial charge in [-0.1, -0.05) is 77.4 Å². The fraction of sp³-hybridized carbons (Fsp3) is 0.200. The molecule has 0 unspecified atom stereocenters. The van der Waals surface area contributed by atoms with Crippen molar-refractivity contribution < 1.29 is 0 Å². The molecule has 0 atom stereocenters. The first-order valence-electron chi connectivity index (χ1n) is 8.31. The topological polar surface area (TPSA) is 30.7 Å². The van der Waals surface area contributed by atoms with E-state index in [1.807, 2.05) is 42.5 Å². The SMILES string of the molecule is C=CCCc1nnc(SCc2ccccc2)n1Cc1ccc(Cl)c(Cl)c1. The van der Waals surface area contributed by atoms with Crippen LogP contribution in [-0.4, -0.2) is 14.8 Å². The maximum Gasteiger partial charge on any atom is 0.191 e. The van der Waals surface area contributed by atoms with Gasteiger partial charge in [-0.2, -0.15) is 0 Å². The second kappa shape index (κ2) is 9.26. The van der Waals surface area contributed by atoms with Crippen molar-refractivity contribution in [2.45, 2.75) is 30.3 Å². The number of nitrogens with zero attached hydrogens (tertiary/aromatic N) is 3. The van der Waals surface area contributed by atoms with E-state index in [-0.39, 0.29) is 0 Å². The lowest BCUT2D eigenvalue weighted by Gasteiger charge is -2.11. The first kappa shape index (κ1) is 19.0. The van der Waals surface area contributed by atoms with Crippen molar-refractivity contribution >= 4 is 35.0 Å². The normalized spacial score (nSPS) is 10.8. The highest BCUT2D eigenvalue weighted by Gasteiger charge is 2.13. The number of aromatic nitrogens is 3. The molecule has 3 rings (SSSR count). The van der Waals surface area contributed by atoms with Gasteiger partial charge in [-0.25, -0.2) is 0 Å². The van der Waals surface area contributed by atoms with Gasteiger partial charge >= 0.3 is 0 Å². The molecule has 0 aliphatic carbocycles. The third kappa shape index (κ3) is 4.91. The number of hydrogen-bond donors (Lipinski definition) is 0. The molecule has 26 heavy (non-hydrogen) atoms. The lowest BCUT2D eigenvalue weighted by Crippen LogP contribution is -2.07. The Balaban J connectivity index is 1.83. The molecule has 0 amide bonds. The van der Waals surface area contributed by atoms with Gasteiger partial charge in [-0.05, 0) is 29.7 Å². The molecule has 0 radical (unpaired) electrons. The smallest absolute Gasteiger partial charge is 0.191 e. The predicted octanol–water partition coefficient (Wildman–Crippen LogP) is 6.04. The standard InChI is InChI=1S/C20H19Cl2N3S/c1-2-3-9-19-23-24-20(26-14-15-7-5-4-6-8-15)25(19)13-16-10-11-17(21)18(22)12-16/h2,4-8,10-12H,1,3,9,13-14H2. The summed E-state index contributed by atoms with van der Waals surface area (Å²) in [4.78, 5) is 0. The van der Waals surface area contributed by atoms with Gasteiger partial charge in [-0.15, -0.1) is 16.8 Å². The minimum Gasteiger partial charge on any atom is -0.302 e. The van der Waals surface area contributed by atoms with E-state index >= 15 is 0 Å². The molecule has 3 aromatic rings. The number of allylic oxidation sites excluding steroid dienone is 1. The zero-order valence-corrected chi connectivity index (χ0v) is 16.6. The van der Waals surface area contributed by atoms with Crippen molar-refractivity contribution in [2.75, 3.05) is 0 Å². The van der Waals surface area contributed by atoms with Gasteiger partial charge in [0.05, 0.1) is 16.6 Å². The first-order valence-corrected chi connectivity index (χ1v) is 10.0. The lowest BCUT2D eigenvalue weighted by atomic mass is 10.2. The zero-order chi connectivity index (χ0) is 18.4. The molecule has 1 heterocycles. The monoisotopic (exact) mass is 403 g/mol. The van der Waals surface area contributed by atoms with Crippen LogP contribution in [0.25, 0.3) is 0 Å². The van der Waals surface area contributed by atoms with Gasteiger partial charge in [-0.3, -0.25) is 0 Å². The Bertz CT molecular complexity index is 878. The van der Waals surface area contributed by atoms with Crippen molar-refractivity contribution in [3.63, 3.8) is 0 Å². The number of rotatable bonds is 8. The summed E-state index contributed by atoms with van der Waals surface area (Å²) in [5, 5.41) is 10.8. The molecule has 0 aliphatic rings. The van der Waals surface area contributed by atoms with E-state index in [9.17, 15) is 0 Å². The predicted molar refractivity (Wildman–Crippen MR) is 110 cm³/mol. The number of halogens is 2. The third-order valence-electron chi connectivity index (χ3n) is 3.90. The van der Waals surface area contributed by atoms with Crippen molar-refractivity contribution in [3.8, 4) is 0 Å². The minimum atomic E-state index is 0.559. The van der Waals surface area contributed by atoms with Gasteiger partial charge in [0.2, 0.25) is 0 Å².